The lowest BCUT2D eigenvalue weighted by molar-refractivity contribution is -0.147. The van der Waals surface area contributed by atoms with Gasteiger partial charge in [-0.3, -0.25) is 4.79 Å². The Hall–Kier alpha value is -1.49. The zero-order valence-corrected chi connectivity index (χ0v) is 7.97. The highest BCUT2D eigenvalue weighted by Gasteiger charge is 2.32. The molecule has 0 aliphatic rings. The zero-order valence-electron chi connectivity index (χ0n) is 7.97. The highest BCUT2D eigenvalue weighted by atomic mass is 16.4. The molecule has 0 radical (unpaired) electrons. The molecular weight excluding hydrogens is 182 g/mol. The summed E-state index contributed by atoms with van der Waals surface area (Å²) in [5, 5.41) is 8.96. The maximum absolute atomic E-state index is 10.9. The molecule has 0 bridgehead atoms. The molecule has 1 rings (SSSR count). The third kappa shape index (κ3) is 2.26. The fraction of sp³-hybridized carbons (Fsp3) is 0.444. The van der Waals surface area contributed by atoms with E-state index >= 15 is 0 Å². The predicted octanol–water partition coefficient (Wildman–Crippen LogP) is 0.0687. The molecule has 5 heteroatoms. The molecule has 3 N–H and O–H groups in total. The first-order valence-electron chi connectivity index (χ1n) is 4.28. The van der Waals surface area contributed by atoms with Gasteiger partial charge in [0.15, 0.2) is 0 Å². The number of rotatable bonds is 4. The summed E-state index contributed by atoms with van der Waals surface area (Å²) in [5.41, 5.74) is 4.43. The molecule has 1 aromatic heterocycles. The van der Waals surface area contributed by atoms with Crippen LogP contribution in [0.1, 0.15) is 12.7 Å². The van der Waals surface area contributed by atoms with Gasteiger partial charge in [-0.25, -0.2) is 9.97 Å². The summed E-state index contributed by atoms with van der Waals surface area (Å²) >= 11 is 0. The molecule has 0 aliphatic heterocycles. The second-order valence-electron chi connectivity index (χ2n) is 3.41. The van der Waals surface area contributed by atoms with E-state index in [0.717, 1.165) is 0 Å². The van der Waals surface area contributed by atoms with E-state index < -0.39 is 11.4 Å². The molecular formula is C9H13N3O2. The first kappa shape index (κ1) is 10.6. The molecule has 0 amide bonds. The Morgan fingerprint density at radius 2 is 2.14 bits per heavy atom. The van der Waals surface area contributed by atoms with Crippen LogP contribution in [0.15, 0.2) is 18.5 Å². The van der Waals surface area contributed by atoms with E-state index in [2.05, 4.69) is 9.97 Å². The van der Waals surface area contributed by atoms with Crippen LogP contribution in [0.2, 0.25) is 0 Å². The summed E-state index contributed by atoms with van der Waals surface area (Å²) in [5.74, 6) is -0.421. The number of carboxylic acids is 1. The molecule has 1 atom stereocenters. The van der Waals surface area contributed by atoms with Gasteiger partial charge >= 0.3 is 5.97 Å². The number of carbonyl (C=O) groups is 1. The summed E-state index contributed by atoms with van der Waals surface area (Å²) in [6.45, 7) is 1.66. The minimum Gasteiger partial charge on any atom is -0.481 e. The lowest BCUT2D eigenvalue weighted by Crippen LogP contribution is -2.38. The highest BCUT2D eigenvalue weighted by Crippen LogP contribution is 2.19. The molecule has 0 aliphatic carbocycles. The van der Waals surface area contributed by atoms with E-state index in [1.807, 2.05) is 0 Å². The monoisotopic (exact) mass is 195 g/mol. The van der Waals surface area contributed by atoms with Gasteiger partial charge in [-0.1, -0.05) is 0 Å². The van der Waals surface area contributed by atoms with Gasteiger partial charge in [-0.05, 0) is 13.0 Å². The summed E-state index contributed by atoms with van der Waals surface area (Å²) < 4.78 is 0. The van der Waals surface area contributed by atoms with Crippen molar-refractivity contribution in [1.82, 2.24) is 9.97 Å². The van der Waals surface area contributed by atoms with Crippen molar-refractivity contribution in [3.05, 3.63) is 24.3 Å². The number of aromatic nitrogens is 2. The first-order valence-corrected chi connectivity index (χ1v) is 4.28. The number of carboxylic acid groups (broad SMARTS) is 1. The average molecular weight is 195 g/mol. The Morgan fingerprint density at radius 3 is 2.57 bits per heavy atom. The van der Waals surface area contributed by atoms with E-state index in [9.17, 15) is 4.79 Å². The minimum atomic E-state index is -0.985. The van der Waals surface area contributed by atoms with Crippen molar-refractivity contribution >= 4 is 5.97 Å². The van der Waals surface area contributed by atoms with E-state index in [1.165, 1.54) is 0 Å². The maximum atomic E-state index is 10.9. The summed E-state index contributed by atoms with van der Waals surface area (Å²) in [4.78, 5) is 18.8. The average Bonchev–Trinajstić information content (AvgIpc) is 2.19. The molecule has 0 saturated carbocycles. The predicted molar refractivity (Wildman–Crippen MR) is 50.5 cm³/mol. The van der Waals surface area contributed by atoms with Crippen LogP contribution in [0.25, 0.3) is 0 Å². The standard InChI is InChI=1S/C9H13N3O2/c1-9(6-10,8(13)14)5-7-11-3-2-4-12-7/h2-4H,5-6,10H2,1H3,(H,13,14). The van der Waals surface area contributed by atoms with Crippen LogP contribution in [0.5, 0.6) is 0 Å². The topological polar surface area (TPSA) is 89.1 Å². The Balaban J connectivity index is 2.81. The number of hydrogen-bond donors (Lipinski definition) is 2. The van der Waals surface area contributed by atoms with Crippen molar-refractivity contribution < 1.29 is 9.90 Å². The van der Waals surface area contributed by atoms with Crippen LogP contribution >= 0.6 is 0 Å². The van der Waals surface area contributed by atoms with Gasteiger partial charge in [-0.2, -0.15) is 0 Å². The van der Waals surface area contributed by atoms with Crippen LogP contribution in [-0.4, -0.2) is 27.6 Å². The molecule has 0 spiro atoms. The third-order valence-electron chi connectivity index (χ3n) is 2.13. The number of nitrogens with two attached hydrogens (primary N) is 1. The maximum Gasteiger partial charge on any atom is 0.311 e. The normalized spacial score (nSPS) is 14.7. The van der Waals surface area contributed by atoms with Gasteiger partial charge in [0.2, 0.25) is 0 Å². The van der Waals surface area contributed by atoms with E-state index in [-0.39, 0.29) is 13.0 Å². The zero-order chi connectivity index (χ0) is 10.6. The second-order valence-corrected chi connectivity index (χ2v) is 3.41. The van der Waals surface area contributed by atoms with Crippen molar-refractivity contribution in [1.29, 1.82) is 0 Å². The lowest BCUT2D eigenvalue weighted by Gasteiger charge is -2.21. The molecule has 76 valence electrons. The summed E-state index contributed by atoms with van der Waals surface area (Å²) in [7, 11) is 0. The van der Waals surface area contributed by atoms with Crippen molar-refractivity contribution in [2.75, 3.05) is 6.54 Å². The quantitative estimate of drug-likeness (QED) is 0.709. The summed E-state index contributed by atoms with van der Waals surface area (Å²) in [6, 6.07) is 1.68. The van der Waals surface area contributed by atoms with Crippen LogP contribution < -0.4 is 5.73 Å². The van der Waals surface area contributed by atoms with Crippen LogP contribution in [0.3, 0.4) is 0 Å². The first-order chi connectivity index (χ1) is 6.58. The second kappa shape index (κ2) is 4.15. The van der Waals surface area contributed by atoms with Gasteiger partial charge < -0.3 is 10.8 Å². The summed E-state index contributed by atoms with van der Waals surface area (Å²) in [6.07, 6.45) is 3.42. The van der Waals surface area contributed by atoms with Gasteiger partial charge in [-0.15, -0.1) is 0 Å². The fourth-order valence-corrected chi connectivity index (χ4v) is 1.01. The molecule has 1 unspecified atom stereocenters. The molecule has 5 nitrogen and oxygen atoms in total. The number of nitrogens with zero attached hydrogens (tertiary/aromatic N) is 2. The smallest absolute Gasteiger partial charge is 0.311 e. The number of aliphatic carboxylic acids is 1. The largest absolute Gasteiger partial charge is 0.481 e. The van der Waals surface area contributed by atoms with Crippen molar-refractivity contribution in [3.63, 3.8) is 0 Å². The Morgan fingerprint density at radius 1 is 1.57 bits per heavy atom. The molecule has 1 aromatic rings. The van der Waals surface area contributed by atoms with Gasteiger partial charge in [0.25, 0.3) is 0 Å². The Bertz CT molecular complexity index is 315. The molecule has 0 fully saturated rings. The Labute approximate surface area is 82.0 Å². The lowest BCUT2D eigenvalue weighted by atomic mass is 9.87. The minimum absolute atomic E-state index is 0.0700. The third-order valence-corrected chi connectivity index (χ3v) is 2.13. The molecule has 0 aromatic carbocycles. The number of hydrogen-bond acceptors (Lipinski definition) is 4. The van der Waals surface area contributed by atoms with Gasteiger partial charge in [0, 0.05) is 25.4 Å². The Kier molecular flexibility index (Phi) is 3.14. The van der Waals surface area contributed by atoms with Crippen molar-refractivity contribution in [2.24, 2.45) is 11.1 Å². The molecule has 1 heterocycles. The molecule has 14 heavy (non-hydrogen) atoms. The van der Waals surface area contributed by atoms with Crippen LogP contribution in [-0.2, 0) is 11.2 Å². The molecule has 0 saturated heterocycles. The highest BCUT2D eigenvalue weighted by molar-refractivity contribution is 5.74. The van der Waals surface area contributed by atoms with Crippen LogP contribution in [0.4, 0.5) is 0 Å². The van der Waals surface area contributed by atoms with Crippen molar-refractivity contribution in [3.8, 4) is 0 Å². The van der Waals surface area contributed by atoms with Gasteiger partial charge in [0.05, 0.1) is 5.41 Å². The van der Waals surface area contributed by atoms with E-state index in [0.29, 0.717) is 5.82 Å². The van der Waals surface area contributed by atoms with Crippen LogP contribution in [0, 0.1) is 5.41 Å². The van der Waals surface area contributed by atoms with Crippen molar-refractivity contribution in [2.45, 2.75) is 13.3 Å². The fourth-order valence-electron chi connectivity index (χ4n) is 1.01. The van der Waals surface area contributed by atoms with Gasteiger partial charge in [0.1, 0.15) is 5.82 Å². The SMILES string of the molecule is CC(CN)(Cc1ncccn1)C(=O)O. The van der Waals surface area contributed by atoms with E-state index in [1.54, 1.807) is 25.4 Å². The van der Waals surface area contributed by atoms with E-state index in [4.69, 9.17) is 10.8 Å².